The number of anilines is 2. The van der Waals surface area contributed by atoms with E-state index in [9.17, 15) is 0 Å². The van der Waals surface area contributed by atoms with Crippen LogP contribution in [0.3, 0.4) is 0 Å². The van der Waals surface area contributed by atoms with E-state index in [0.29, 0.717) is 6.10 Å². The second kappa shape index (κ2) is 5.96. The van der Waals surface area contributed by atoms with E-state index < -0.39 is 0 Å². The minimum Gasteiger partial charge on any atom is -0.497 e. The number of nitrogens with two attached hydrogens (primary N) is 1. The largest absolute Gasteiger partial charge is 0.497 e. The van der Waals surface area contributed by atoms with Gasteiger partial charge in [-0.05, 0) is 31.9 Å². The number of methoxy groups -OCH3 is 1. The highest BCUT2D eigenvalue weighted by Crippen LogP contribution is 2.28. The van der Waals surface area contributed by atoms with Crippen molar-refractivity contribution < 1.29 is 9.47 Å². The Hall–Kier alpha value is -1.42. The van der Waals surface area contributed by atoms with Crippen LogP contribution in [0.4, 0.5) is 11.4 Å². The average molecular weight is 250 g/mol. The highest BCUT2D eigenvalue weighted by Gasteiger charge is 2.19. The van der Waals surface area contributed by atoms with Crippen molar-refractivity contribution >= 4 is 11.4 Å². The first kappa shape index (κ1) is 13.0. The van der Waals surface area contributed by atoms with Gasteiger partial charge in [0.05, 0.1) is 24.6 Å². The molecule has 1 saturated heterocycles. The zero-order valence-corrected chi connectivity index (χ0v) is 11.2. The molecule has 18 heavy (non-hydrogen) atoms. The zero-order chi connectivity index (χ0) is 13.0. The fraction of sp³-hybridized carbons (Fsp3) is 0.571. The van der Waals surface area contributed by atoms with Crippen LogP contribution in [0.2, 0.25) is 0 Å². The molecule has 100 valence electrons. The minimum absolute atomic E-state index is 0.339. The van der Waals surface area contributed by atoms with Crippen molar-refractivity contribution in [3.8, 4) is 5.75 Å². The van der Waals surface area contributed by atoms with Gasteiger partial charge in [0.25, 0.3) is 0 Å². The van der Waals surface area contributed by atoms with Gasteiger partial charge in [-0.1, -0.05) is 0 Å². The molecule has 1 fully saturated rings. The summed E-state index contributed by atoms with van der Waals surface area (Å²) in [5.74, 6) is 0.796. The summed E-state index contributed by atoms with van der Waals surface area (Å²) in [6, 6.07) is 5.84. The summed E-state index contributed by atoms with van der Waals surface area (Å²) < 4.78 is 10.9. The van der Waals surface area contributed by atoms with Crippen molar-refractivity contribution in [3.63, 3.8) is 0 Å². The molecular weight excluding hydrogens is 228 g/mol. The number of nitrogens with zero attached hydrogens (tertiary/aromatic N) is 1. The van der Waals surface area contributed by atoms with E-state index in [1.165, 1.54) is 6.42 Å². The fourth-order valence-corrected chi connectivity index (χ4v) is 2.38. The Labute approximate surface area is 109 Å². The molecule has 0 aliphatic carbocycles. The maximum Gasteiger partial charge on any atom is 0.121 e. The molecular formula is C14H22N2O2. The average Bonchev–Trinajstić information content (AvgIpc) is 2.89. The third kappa shape index (κ3) is 2.88. The van der Waals surface area contributed by atoms with Crippen LogP contribution in [0.5, 0.6) is 5.75 Å². The lowest BCUT2D eigenvalue weighted by Gasteiger charge is -2.27. The van der Waals surface area contributed by atoms with Crippen molar-refractivity contribution in [1.29, 1.82) is 0 Å². The third-order valence-electron chi connectivity index (χ3n) is 3.41. The number of benzene rings is 1. The highest BCUT2D eigenvalue weighted by molar-refractivity contribution is 5.69. The van der Waals surface area contributed by atoms with Gasteiger partial charge in [-0.2, -0.15) is 0 Å². The van der Waals surface area contributed by atoms with E-state index in [0.717, 1.165) is 43.2 Å². The van der Waals surface area contributed by atoms with Crippen molar-refractivity contribution in [2.75, 3.05) is 37.4 Å². The van der Waals surface area contributed by atoms with Gasteiger partial charge in [0, 0.05) is 25.8 Å². The number of nitrogen functional groups attached to an aromatic ring is 1. The summed E-state index contributed by atoms with van der Waals surface area (Å²) in [7, 11) is 1.65. The molecule has 0 bridgehead atoms. The molecule has 2 rings (SSSR count). The van der Waals surface area contributed by atoms with Crippen molar-refractivity contribution in [2.24, 2.45) is 0 Å². The van der Waals surface area contributed by atoms with Crippen LogP contribution in [-0.2, 0) is 4.74 Å². The fourth-order valence-electron chi connectivity index (χ4n) is 2.38. The Balaban J connectivity index is 2.10. The van der Waals surface area contributed by atoms with Gasteiger partial charge in [-0.3, -0.25) is 0 Å². The Bertz CT molecular complexity index is 389. The van der Waals surface area contributed by atoms with Crippen LogP contribution in [0.1, 0.15) is 19.8 Å². The lowest BCUT2D eigenvalue weighted by molar-refractivity contribution is 0.116. The van der Waals surface area contributed by atoms with Gasteiger partial charge in [0.1, 0.15) is 5.75 Å². The standard InChI is InChI=1S/C14H22N2O2/c1-3-16(10-12-5-4-8-18-12)14-7-6-11(17-2)9-13(14)15/h6-7,9,12H,3-5,8,10,15H2,1-2H3. The second-order valence-electron chi connectivity index (χ2n) is 4.60. The SMILES string of the molecule is CCN(CC1CCCO1)c1ccc(OC)cc1N. The topological polar surface area (TPSA) is 47.7 Å². The van der Waals surface area contributed by atoms with E-state index >= 15 is 0 Å². The molecule has 1 atom stereocenters. The van der Waals surface area contributed by atoms with Crippen LogP contribution < -0.4 is 15.4 Å². The molecule has 1 aliphatic rings. The Morgan fingerprint density at radius 2 is 2.33 bits per heavy atom. The van der Waals surface area contributed by atoms with Crippen LogP contribution in [-0.4, -0.2) is 32.9 Å². The monoisotopic (exact) mass is 250 g/mol. The first-order chi connectivity index (χ1) is 8.74. The summed E-state index contributed by atoms with van der Waals surface area (Å²) in [5, 5.41) is 0. The summed E-state index contributed by atoms with van der Waals surface area (Å²) in [6.45, 7) is 4.86. The summed E-state index contributed by atoms with van der Waals surface area (Å²) in [6.07, 6.45) is 2.65. The van der Waals surface area contributed by atoms with Crippen LogP contribution in [0.25, 0.3) is 0 Å². The van der Waals surface area contributed by atoms with Gasteiger partial charge in [0.15, 0.2) is 0 Å². The first-order valence-corrected chi connectivity index (χ1v) is 6.54. The summed E-state index contributed by atoms with van der Waals surface area (Å²) in [4.78, 5) is 2.27. The number of hydrogen-bond donors (Lipinski definition) is 1. The van der Waals surface area contributed by atoms with Gasteiger partial charge in [-0.25, -0.2) is 0 Å². The predicted molar refractivity (Wildman–Crippen MR) is 74.3 cm³/mol. The van der Waals surface area contributed by atoms with E-state index in [4.69, 9.17) is 15.2 Å². The van der Waals surface area contributed by atoms with Crippen molar-refractivity contribution in [3.05, 3.63) is 18.2 Å². The lowest BCUT2D eigenvalue weighted by Crippen LogP contribution is -2.32. The molecule has 1 unspecified atom stereocenters. The first-order valence-electron chi connectivity index (χ1n) is 6.54. The second-order valence-corrected chi connectivity index (χ2v) is 4.60. The normalized spacial score (nSPS) is 18.9. The zero-order valence-electron chi connectivity index (χ0n) is 11.2. The van der Waals surface area contributed by atoms with E-state index in [-0.39, 0.29) is 0 Å². The maximum absolute atomic E-state index is 6.09. The Kier molecular flexibility index (Phi) is 4.31. The maximum atomic E-state index is 6.09. The molecule has 1 heterocycles. The number of likely N-dealkylation sites (N-methyl/N-ethyl adjacent to an activating group) is 1. The summed E-state index contributed by atoms with van der Waals surface area (Å²) >= 11 is 0. The van der Waals surface area contributed by atoms with Gasteiger partial charge >= 0.3 is 0 Å². The number of rotatable bonds is 5. The highest BCUT2D eigenvalue weighted by atomic mass is 16.5. The van der Waals surface area contributed by atoms with Gasteiger partial charge in [-0.15, -0.1) is 0 Å². The van der Waals surface area contributed by atoms with Crippen LogP contribution in [0, 0.1) is 0 Å². The predicted octanol–water partition coefficient (Wildman–Crippen LogP) is 2.28. The molecule has 0 aromatic heterocycles. The Morgan fingerprint density at radius 1 is 1.50 bits per heavy atom. The van der Waals surface area contributed by atoms with E-state index in [1.807, 2.05) is 18.2 Å². The Morgan fingerprint density at radius 3 is 2.89 bits per heavy atom. The van der Waals surface area contributed by atoms with Crippen LogP contribution in [0.15, 0.2) is 18.2 Å². The van der Waals surface area contributed by atoms with E-state index in [2.05, 4.69) is 11.8 Å². The molecule has 1 aromatic carbocycles. The minimum atomic E-state index is 0.339. The molecule has 0 saturated carbocycles. The van der Waals surface area contributed by atoms with Crippen molar-refractivity contribution in [2.45, 2.75) is 25.9 Å². The molecule has 4 nitrogen and oxygen atoms in total. The van der Waals surface area contributed by atoms with Crippen molar-refractivity contribution in [1.82, 2.24) is 0 Å². The molecule has 2 N–H and O–H groups in total. The molecule has 4 heteroatoms. The molecule has 1 aliphatic heterocycles. The summed E-state index contributed by atoms with van der Waals surface area (Å²) in [5.41, 5.74) is 7.91. The number of ether oxygens (including phenoxy) is 2. The van der Waals surface area contributed by atoms with Gasteiger partial charge in [0.2, 0.25) is 0 Å². The lowest BCUT2D eigenvalue weighted by atomic mass is 10.2. The smallest absolute Gasteiger partial charge is 0.121 e. The molecule has 1 aromatic rings. The number of hydrogen-bond acceptors (Lipinski definition) is 4. The molecule has 0 spiro atoms. The van der Waals surface area contributed by atoms with Gasteiger partial charge < -0.3 is 20.1 Å². The molecule has 0 amide bonds. The van der Waals surface area contributed by atoms with Crippen LogP contribution >= 0.6 is 0 Å². The quantitative estimate of drug-likeness (QED) is 0.814. The van der Waals surface area contributed by atoms with E-state index in [1.54, 1.807) is 7.11 Å². The third-order valence-corrected chi connectivity index (χ3v) is 3.41. The molecule has 0 radical (unpaired) electrons.